The highest BCUT2D eigenvalue weighted by Gasteiger charge is 2.29. The second-order valence-corrected chi connectivity index (χ2v) is 6.69. The van der Waals surface area contributed by atoms with Gasteiger partial charge >= 0.3 is 0 Å². The Balaban J connectivity index is 2.16. The van der Waals surface area contributed by atoms with Gasteiger partial charge in [0.1, 0.15) is 0 Å². The van der Waals surface area contributed by atoms with Crippen LogP contribution in [-0.4, -0.2) is 62.7 Å². The molecule has 0 bridgehead atoms. The van der Waals surface area contributed by atoms with Crippen molar-refractivity contribution in [1.29, 1.82) is 0 Å². The number of hydrogen-bond acceptors (Lipinski definition) is 5. The third kappa shape index (κ3) is 4.01. The lowest BCUT2D eigenvalue weighted by molar-refractivity contribution is 0.0826. The van der Waals surface area contributed by atoms with E-state index in [1.807, 2.05) is 4.68 Å². The van der Waals surface area contributed by atoms with Crippen molar-refractivity contribution in [1.82, 2.24) is 30.0 Å². The Morgan fingerprint density at radius 1 is 1.05 bits per heavy atom. The Hall–Kier alpha value is -1.01. The zero-order valence-electron chi connectivity index (χ0n) is 14.2. The summed E-state index contributed by atoms with van der Waals surface area (Å²) in [5.41, 5.74) is 0. The van der Waals surface area contributed by atoms with Crippen molar-refractivity contribution < 1.29 is 0 Å². The number of piperazine rings is 1. The standard InChI is InChI=1S/C15H30N6/c1-6-19-7-9-20(10-8-19)14(11-12(2)3)15-16-17-18-21(15)13(4)5/h12-14H,6-11H2,1-5H3. The fraction of sp³-hybridized carbons (Fsp3) is 0.933. The second kappa shape index (κ2) is 7.31. The average molecular weight is 294 g/mol. The monoisotopic (exact) mass is 294 g/mol. The number of hydrogen-bond donors (Lipinski definition) is 0. The lowest BCUT2D eigenvalue weighted by Gasteiger charge is -2.39. The molecule has 1 aliphatic heterocycles. The number of nitrogens with zero attached hydrogens (tertiary/aromatic N) is 6. The third-order valence-corrected chi connectivity index (χ3v) is 4.29. The molecule has 0 aliphatic carbocycles. The molecule has 1 aromatic heterocycles. The van der Waals surface area contributed by atoms with Gasteiger partial charge in [0.25, 0.3) is 0 Å². The van der Waals surface area contributed by atoms with Crippen molar-refractivity contribution in [2.45, 2.75) is 53.1 Å². The molecule has 0 aromatic carbocycles. The van der Waals surface area contributed by atoms with Gasteiger partial charge in [-0.25, -0.2) is 4.68 Å². The summed E-state index contributed by atoms with van der Waals surface area (Å²) in [5.74, 6) is 1.67. The van der Waals surface area contributed by atoms with Crippen LogP contribution < -0.4 is 0 Å². The minimum atomic E-state index is 0.307. The van der Waals surface area contributed by atoms with Crippen LogP contribution in [0.5, 0.6) is 0 Å². The van der Waals surface area contributed by atoms with Crippen LogP contribution in [-0.2, 0) is 0 Å². The van der Waals surface area contributed by atoms with E-state index in [0.717, 1.165) is 45.0 Å². The van der Waals surface area contributed by atoms with Gasteiger partial charge < -0.3 is 4.90 Å². The van der Waals surface area contributed by atoms with Crippen LogP contribution >= 0.6 is 0 Å². The highest BCUT2D eigenvalue weighted by molar-refractivity contribution is 4.96. The Morgan fingerprint density at radius 2 is 1.71 bits per heavy atom. The largest absolute Gasteiger partial charge is 0.301 e. The first kappa shape index (κ1) is 16.4. The molecule has 2 rings (SSSR count). The SMILES string of the molecule is CCN1CCN(C(CC(C)C)c2nnnn2C(C)C)CC1. The lowest BCUT2D eigenvalue weighted by Crippen LogP contribution is -2.48. The van der Waals surface area contributed by atoms with Gasteiger partial charge in [-0.05, 0) is 43.2 Å². The fourth-order valence-electron chi connectivity index (χ4n) is 3.04. The van der Waals surface area contributed by atoms with Crippen molar-refractivity contribution in [3.8, 4) is 0 Å². The zero-order chi connectivity index (χ0) is 15.4. The molecule has 120 valence electrons. The van der Waals surface area contributed by atoms with E-state index in [-0.39, 0.29) is 0 Å². The maximum Gasteiger partial charge on any atom is 0.168 e. The predicted octanol–water partition coefficient (Wildman–Crippen LogP) is 1.98. The maximum atomic E-state index is 4.35. The maximum absolute atomic E-state index is 4.35. The Kier molecular flexibility index (Phi) is 5.70. The van der Waals surface area contributed by atoms with Crippen LogP contribution in [0.25, 0.3) is 0 Å². The highest BCUT2D eigenvalue weighted by atomic mass is 15.6. The molecule has 1 atom stereocenters. The van der Waals surface area contributed by atoms with E-state index in [1.54, 1.807) is 0 Å². The topological polar surface area (TPSA) is 50.1 Å². The summed E-state index contributed by atoms with van der Waals surface area (Å²) in [5, 5.41) is 12.5. The van der Waals surface area contributed by atoms with Crippen molar-refractivity contribution in [2.75, 3.05) is 32.7 Å². The van der Waals surface area contributed by atoms with Crippen LogP contribution in [0, 0.1) is 5.92 Å². The summed E-state index contributed by atoms with van der Waals surface area (Å²) < 4.78 is 1.99. The molecule has 6 nitrogen and oxygen atoms in total. The van der Waals surface area contributed by atoms with Crippen molar-refractivity contribution in [3.63, 3.8) is 0 Å². The van der Waals surface area contributed by atoms with E-state index in [9.17, 15) is 0 Å². The quantitative estimate of drug-likeness (QED) is 0.803. The Labute approximate surface area is 128 Å². The van der Waals surface area contributed by atoms with Gasteiger partial charge in [-0.2, -0.15) is 0 Å². The number of rotatable bonds is 6. The molecular formula is C15H30N6. The van der Waals surface area contributed by atoms with E-state index in [4.69, 9.17) is 0 Å². The van der Waals surface area contributed by atoms with Gasteiger partial charge in [-0.1, -0.05) is 20.8 Å². The van der Waals surface area contributed by atoms with Crippen molar-refractivity contribution in [3.05, 3.63) is 5.82 Å². The van der Waals surface area contributed by atoms with E-state index >= 15 is 0 Å². The molecule has 1 aromatic rings. The van der Waals surface area contributed by atoms with Crippen LogP contribution in [0.1, 0.15) is 58.9 Å². The Bertz CT molecular complexity index is 420. The molecule has 0 amide bonds. The minimum absolute atomic E-state index is 0.307. The molecule has 0 N–H and O–H groups in total. The summed E-state index contributed by atoms with van der Waals surface area (Å²) in [7, 11) is 0. The fourth-order valence-corrected chi connectivity index (χ4v) is 3.04. The van der Waals surface area contributed by atoms with Crippen LogP contribution in [0.4, 0.5) is 0 Å². The summed E-state index contributed by atoms with van der Waals surface area (Å²) in [6.45, 7) is 16.7. The van der Waals surface area contributed by atoms with Gasteiger partial charge in [0.15, 0.2) is 5.82 Å². The number of tetrazole rings is 1. The first-order valence-electron chi connectivity index (χ1n) is 8.27. The van der Waals surface area contributed by atoms with Crippen LogP contribution in [0.3, 0.4) is 0 Å². The summed E-state index contributed by atoms with van der Waals surface area (Å²) in [6, 6.07) is 0.642. The second-order valence-electron chi connectivity index (χ2n) is 6.69. The predicted molar refractivity (Wildman–Crippen MR) is 84.1 cm³/mol. The van der Waals surface area contributed by atoms with Crippen molar-refractivity contribution >= 4 is 0 Å². The minimum Gasteiger partial charge on any atom is -0.301 e. The molecule has 21 heavy (non-hydrogen) atoms. The first-order chi connectivity index (χ1) is 10.0. The summed E-state index contributed by atoms with van der Waals surface area (Å²) in [6.07, 6.45) is 1.11. The zero-order valence-corrected chi connectivity index (χ0v) is 14.2. The van der Waals surface area contributed by atoms with E-state index in [2.05, 4.69) is 59.9 Å². The Morgan fingerprint density at radius 3 is 2.24 bits per heavy atom. The van der Waals surface area contributed by atoms with Crippen LogP contribution in [0.15, 0.2) is 0 Å². The summed E-state index contributed by atoms with van der Waals surface area (Å²) in [4.78, 5) is 5.07. The molecule has 2 heterocycles. The van der Waals surface area contributed by atoms with Gasteiger partial charge in [-0.15, -0.1) is 5.10 Å². The molecule has 1 fully saturated rings. The summed E-state index contributed by atoms with van der Waals surface area (Å²) >= 11 is 0. The molecule has 0 spiro atoms. The van der Waals surface area contributed by atoms with E-state index in [1.165, 1.54) is 0 Å². The molecule has 6 heteroatoms. The molecule has 1 aliphatic rings. The average Bonchev–Trinajstić information content (AvgIpc) is 2.94. The molecule has 1 unspecified atom stereocenters. The number of aromatic nitrogens is 4. The molecule has 1 saturated heterocycles. The molecular weight excluding hydrogens is 264 g/mol. The first-order valence-corrected chi connectivity index (χ1v) is 8.27. The highest BCUT2D eigenvalue weighted by Crippen LogP contribution is 2.28. The smallest absolute Gasteiger partial charge is 0.168 e. The van der Waals surface area contributed by atoms with E-state index in [0.29, 0.717) is 18.0 Å². The van der Waals surface area contributed by atoms with Gasteiger partial charge in [0.05, 0.1) is 12.1 Å². The molecule has 0 radical (unpaired) electrons. The lowest BCUT2D eigenvalue weighted by atomic mass is 10.0. The van der Waals surface area contributed by atoms with Gasteiger partial charge in [-0.3, -0.25) is 4.90 Å². The van der Waals surface area contributed by atoms with Crippen LogP contribution in [0.2, 0.25) is 0 Å². The van der Waals surface area contributed by atoms with Gasteiger partial charge in [0, 0.05) is 26.2 Å². The van der Waals surface area contributed by atoms with Gasteiger partial charge in [0.2, 0.25) is 0 Å². The molecule has 0 saturated carbocycles. The third-order valence-electron chi connectivity index (χ3n) is 4.29. The normalized spacial score (nSPS) is 19.6. The van der Waals surface area contributed by atoms with E-state index < -0.39 is 0 Å². The van der Waals surface area contributed by atoms with Crippen molar-refractivity contribution in [2.24, 2.45) is 5.92 Å². The number of likely N-dealkylation sites (N-methyl/N-ethyl adjacent to an activating group) is 1.